The molecule has 0 N–H and O–H groups in total. The van der Waals surface area contributed by atoms with Crippen LogP contribution in [0.4, 0.5) is 5.69 Å². The van der Waals surface area contributed by atoms with Crippen LogP contribution in [-0.4, -0.2) is 24.6 Å². The quantitative estimate of drug-likeness (QED) is 0.623. The number of carbonyl (C=O) groups excluding carboxylic acids is 2. The van der Waals surface area contributed by atoms with Gasteiger partial charge in [0.25, 0.3) is 11.8 Å². The van der Waals surface area contributed by atoms with Gasteiger partial charge in [-0.2, -0.15) is 0 Å². The molecule has 4 rings (SSSR count). The van der Waals surface area contributed by atoms with Crippen molar-refractivity contribution in [1.82, 2.24) is 0 Å². The van der Waals surface area contributed by atoms with Crippen LogP contribution in [-0.2, 0) is 20.8 Å². The van der Waals surface area contributed by atoms with Crippen molar-refractivity contribution >= 4 is 23.2 Å². The third-order valence-corrected chi connectivity index (χ3v) is 4.89. The molecule has 0 saturated heterocycles. The van der Waals surface area contributed by atoms with Gasteiger partial charge in [0, 0.05) is 16.7 Å². The fourth-order valence-corrected chi connectivity index (χ4v) is 3.76. The lowest BCUT2D eigenvalue weighted by Crippen LogP contribution is -2.31. The van der Waals surface area contributed by atoms with E-state index in [9.17, 15) is 9.59 Å². The number of rotatable bonds is 2. The Kier molecular flexibility index (Phi) is 3.29. The molecule has 0 spiro atoms. The monoisotopic (exact) mass is 310 g/mol. The molecule has 0 atom stereocenters. The lowest BCUT2D eigenvalue weighted by molar-refractivity contribution is -0.120. The maximum atomic E-state index is 12.7. The van der Waals surface area contributed by atoms with Crippen LogP contribution < -0.4 is 4.90 Å². The first-order valence-corrected chi connectivity index (χ1v) is 8.05. The highest BCUT2D eigenvalue weighted by atomic mass is 16.6. The average Bonchev–Trinajstić information content (AvgIpc) is 3.08. The topological polar surface area (TPSA) is 59.0 Å². The van der Waals surface area contributed by atoms with Crippen molar-refractivity contribution in [3.8, 4) is 0 Å². The van der Waals surface area contributed by atoms with Gasteiger partial charge in [-0.05, 0) is 56.2 Å². The predicted molar refractivity (Wildman–Crippen MR) is 86.3 cm³/mol. The number of anilines is 1. The molecule has 118 valence electrons. The third-order valence-electron chi connectivity index (χ3n) is 4.89. The smallest absolute Gasteiger partial charge is 0.261 e. The average molecular weight is 310 g/mol. The summed E-state index contributed by atoms with van der Waals surface area (Å²) in [5.74, 6) is -0.291. The number of hydrogen-bond donors (Lipinski definition) is 0. The molecule has 2 amide bonds. The van der Waals surface area contributed by atoms with Gasteiger partial charge in [0.05, 0.1) is 11.4 Å². The molecule has 5 heteroatoms. The summed E-state index contributed by atoms with van der Waals surface area (Å²) in [4.78, 5) is 31.5. The van der Waals surface area contributed by atoms with E-state index in [4.69, 9.17) is 4.84 Å². The van der Waals surface area contributed by atoms with Crippen LogP contribution in [0.3, 0.4) is 0 Å². The molecule has 0 unspecified atom stereocenters. The number of imide groups is 1. The van der Waals surface area contributed by atoms with Crippen LogP contribution in [0.25, 0.3) is 0 Å². The fourth-order valence-electron chi connectivity index (χ4n) is 3.76. The number of benzene rings is 1. The second kappa shape index (κ2) is 5.33. The Morgan fingerprint density at radius 2 is 1.70 bits per heavy atom. The van der Waals surface area contributed by atoms with E-state index in [2.05, 4.69) is 5.16 Å². The Morgan fingerprint density at radius 3 is 2.35 bits per heavy atom. The van der Waals surface area contributed by atoms with Gasteiger partial charge >= 0.3 is 0 Å². The van der Waals surface area contributed by atoms with E-state index in [1.807, 2.05) is 18.2 Å². The molecular formula is C18H18N2O3. The van der Waals surface area contributed by atoms with Crippen LogP contribution >= 0.6 is 0 Å². The summed E-state index contributed by atoms with van der Waals surface area (Å²) < 4.78 is 0. The van der Waals surface area contributed by atoms with Gasteiger partial charge in [0.15, 0.2) is 0 Å². The number of oxime groups is 1. The van der Waals surface area contributed by atoms with Gasteiger partial charge in [-0.3, -0.25) is 9.59 Å². The minimum Gasteiger partial charge on any atom is -0.399 e. The van der Waals surface area contributed by atoms with Crippen molar-refractivity contribution in [3.05, 3.63) is 40.5 Å². The zero-order valence-corrected chi connectivity index (χ0v) is 13.1. The van der Waals surface area contributed by atoms with E-state index in [0.29, 0.717) is 16.8 Å². The first kappa shape index (κ1) is 14.2. The number of aryl methyl sites for hydroxylation is 1. The van der Waals surface area contributed by atoms with Gasteiger partial charge in [-0.1, -0.05) is 11.2 Å². The van der Waals surface area contributed by atoms with E-state index >= 15 is 0 Å². The van der Waals surface area contributed by atoms with Crippen molar-refractivity contribution in [3.63, 3.8) is 0 Å². The number of amides is 2. The van der Waals surface area contributed by atoms with Crippen molar-refractivity contribution in [2.24, 2.45) is 5.16 Å². The van der Waals surface area contributed by atoms with E-state index in [0.717, 1.165) is 49.8 Å². The molecule has 1 aliphatic heterocycles. The summed E-state index contributed by atoms with van der Waals surface area (Å²) in [6.45, 7) is 0. The van der Waals surface area contributed by atoms with Crippen LogP contribution in [0, 0.1) is 0 Å². The second-order valence-electron chi connectivity index (χ2n) is 6.17. The molecule has 0 bridgehead atoms. The highest BCUT2D eigenvalue weighted by Gasteiger charge is 2.40. The molecule has 0 radical (unpaired) electrons. The molecule has 1 heterocycles. The Balaban J connectivity index is 1.73. The Bertz CT molecular complexity index is 748. The van der Waals surface area contributed by atoms with E-state index in [1.54, 1.807) is 0 Å². The largest absolute Gasteiger partial charge is 0.399 e. The maximum absolute atomic E-state index is 12.7. The molecule has 5 nitrogen and oxygen atoms in total. The number of carbonyl (C=O) groups is 2. The lowest BCUT2D eigenvalue weighted by atomic mass is 9.93. The highest BCUT2D eigenvalue weighted by Crippen LogP contribution is 2.37. The fraction of sp³-hybridized carbons (Fsp3) is 0.389. The third kappa shape index (κ3) is 2.11. The summed E-state index contributed by atoms with van der Waals surface area (Å²) in [7, 11) is 1.53. The zero-order valence-electron chi connectivity index (χ0n) is 13.1. The highest BCUT2D eigenvalue weighted by molar-refractivity contribution is 6.33. The minimum absolute atomic E-state index is 0.145. The summed E-state index contributed by atoms with van der Waals surface area (Å²) in [6.07, 6.45) is 5.15. The summed E-state index contributed by atoms with van der Waals surface area (Å²) in [6, 6.07) is 5.75. The Morgan fingerprint density at radius 1 is 1.00 bits per heavy atom. The second-order valence-corrected chi connectivity index (χ2v) is 6.17. The Hall–Kier alpha value is -2.43. The first-order valence-electron chi connectivity index (χ1n) is 8.05. The standard InChI is InChI=1S/C18H18N2O3/c1-23-19-16-9-7-11-6-8-12(10-15(11)16)20-17(21)13-4-2-3-5-14(13)18(20)22/h6,8,10H,2-5,7,9H2,1H3. The molecular weight excluding hydrogens is 292 g/mol. The number of hydrogen-bond acceptors (Lipinski definition) is 4. The van der Waals surface area contributed by atoms with Crippen molar-refractivity contribution in [1.29, 1.82) is 0 Å². The van der Waals surface area contributed by atoms with E-state index < -0.39 is 0 Å². The SMILES string of the molecule is CON=C1CCc2ccc(N3C(=O)C4=C(CCCC4)C3=O)cc21. The molecule has 23 heavy (non-hydrogen) atoms. The lowest BCUT2D eigenvalue weighted by Gasteiger charge is -2.16. The summed E-state index contributed by atoms with van der Waals surface area (Å²) >= 11 is 0. The van der Waals surface area contributed by atoms with Gasteiger partial charge in [0.2, 0.25) is 0 Å². The summed E-state index contributed by atoms with van der Waals surface area (Å²) in [5, 5.41) is 4.06. The molecule has 1 aromatic carbocycles. The first-order chi connectivity index (χ1) is 11.2. The van der Waals surface area contributed by atoms with Gasteiger partial charge < -0.3 is 4.84 Å². The minimum atomic E-state index is -0.145. The van der Waals surface area contributed by atoms with Crippen molar-refractivity contribution in [2.75, 3.05) is 12.0 Å². The Labute approximate surface area is 134 Å². The van der Waals surface area contributed by atoms with Crippen LogP contribution in [0.5, 0.6) is 0 Å². The van der Waals surface area contributed by atoms with Gasteiger partial charge in [-0.25, -0.2) is 4.90 Å². The van der Waals surface area contributed by atoms with Crippen molar-refractivity contribution < 1.29 is 14.4 Å². The molecule has 3 aliphatic rings. The van der Waals surface area contributed by atoms with Gasteiger partial charge in [0.1, 0.15) is 7.11 Å². The predicted octanol–water partition coefficient (Wildman–Crippen LogP) is 2.73. The summed E-state index contributed by atoms with van der Waals surface area (Å²) in [5.41, 5.74) is 5.11. The van der Waals surface area contributed by atoms with Crippen LogP contribution in [0.1, 0.15) is 43.2 Å². The van der Waals surface area contributed by atoms with Gasteiger partial charge in [-0.15, -0.1) is 0 Å². The molecule has 0 fully saturated rings. The number of fused-ring (bicyclic) bond motifs is 1. The number of nitrogens with zero attached hydrogens (tertiary/aromatic N) is 2. The van der Waals surface area contributed by atoms with E-state index in [1.165, 1.54) is 17.6 Å². The molecule has 0 saturated carbocycles. The van der Waals surface area contributed by atoms with Crippen LogP contribution in [0.2, 0.25) is 0 Å². The van der Waals surface area contributed by atoms with Crippen molar-refractivity contribution in [2.45, 2.75) is 38.5 Å². The molecule has 1 aromatic rings. The van der Waals surface area contributed by atoms with Crippen LogP contribution in [0.15, 0.2) is 34.5 Å². The normalized spacial score (nSPS) is 22.0. The molecule has 2 aliphatic carbocycles. The zero-order chi connectivity index (χ0) is 16.0. The molecule has 0 aromatic heterocycles. The van der Waals surface area contributed by atoms with E-state index in [-0.39, 0.29) is 11.8 Å². The maximum Gasteiger partial charge on any atom is 0.261 e.